The average molecular weight is 268 g/mol. The summed E-state index contributed by atoms with van der Waals surface area (Å²) in [5, 5.41) is 9.02. The summed E-state index contributed by atoms with van der Waals surface area (Å²) in [6.45, 7) is 1.28. The number of halogens is 1. The molecule has 0 aliphatic carbocycles. The van der Waals surface area contributed by atoms with Crippen molar-refractivity contribution >= 4 is 29.4 Å². The molecule has 1 aromatic rings. The molecule has 0 aromatic heterocycles. The maximum atomic E-state index is 12.0. The fourth-order valence-electron chi connectivity index (χ4n) is 1.81. The van der Waals surface area contributed by atoms with E-state index >= 15 is 0 Å². The van der Waals surface area contributed by atoms with E-state index < -0.39 is 23.7 Å². The molecule has 1 unspecified atom stereocenters. The van der Waals surface area contributed by atoms with Crippen LogP contribution in [0.1, 0.15) is 27.6 Å². The van der Waals surface area contributed by atoms with E-state index in [1.807, 2.05) is 0 Å². The number of hydrogen-bond donors (Lipinski definition) is 1. The van der Waals surface area contributed by atoms with Crippen LogP contribution in [0.5, 0.6) is 0 Å². The summed E-state index contributed by atoms with van der Waals surface area (Å²) in [6.07, 6.45) is 0. The van der Waals surface area contributed by atoms with Gasteiger partial charge < -0.3 is 5.11 Å². The number of carboxylic acid groups (broad SMARTS) is 1. The highest BCUT2D eigenvalue weighted by molar-refractivity contribution is 6.37. The van der Waals surface area contributed by atoms with Crippen molar-refractivity contribution in [1.82, 2.24) is 4.90 Å². The molecule has 1 N–H and O–H groups in total. The lowest BCUT2D eigenvalue weighted by molar-refractivity contribution is -0.141. The molecule has 1 heterocycles. The summed E-state index contributed by atoms with van der Waals surface area (Å²) in [7, 11) is 0. The third-order valence-corrected chi connectivity index (χ3v) is 3.14. The predicted molar refractivity (Wildman–Crippen MR) is 63.6 cm³/mol. The molecule has 1 aliphatic rings. The SMILES string of the molecule is CC(CN1C(=O)c2cccc(Cl)c2C1=O)C(=O)O. The van der Waals surface area contributed by atoms with Gasteiger partial charge in [-0.15, -0.1) is 0 Å². The van der Waals surface area contributed by atoms with Crippen molar-refractivity contribution in [3.8, 4) is 0 Å². The summed E-state index contributed by atoms with van der Waals surface area (Å²) >= 11 is 5.88. The fourth-order valence-corrected chi connectivity index (χ4v) is 2.07. The average Bonchev–Trinajstić information content (AvgIpc) is 2.55. The molecule has 0 saturated heterocycles. The number of carbonyl (C=O) groups excluding carboxylic acids is 2. The standard InChI is InChI=1S/C12H10ClNO4/c1-6(12(17)18)5-14-10(15)7-3-2-4-8(13)9(7)11(14)16/h2-4,6H,5H2,1H3,(H,17,18). The molecule has 5 nitrogen and oxygen atoms in total. The molecule has 1 aromatic carbocycles. The van der Waals surface area contributed by atoms with Crippen molar-refractivity contribution < 1.29 is 19.5 Å². The van der Waals surface area contributed by atoms with Gasteiger partial charge in [0.15, 0.2) is 0 Å². The van der Waals surface area contributed by atoms with Crippen molar-refractivity contribution in [2.24, 2.45) is 5.92 Å². The molecule has 0 fully saturated rings. The Balaban J connectivity index is 2.35. The van der Waals surface area contributed by atoms with Crippen LogP contribution in [0.4, 0.5) is 0 Å². The fraction of sp³-hybridized carbons (Fsp3) is 0.250. The van der Waals surface area contributed by atoms with Crippen molar-refractivity contribution in [2.45, 2.75) is 6.92 Å². The molecule has 0 radical (unpaired) electrons. The molecular weight excluding hydrogens is 258 g/mol. The first-order valence-corrected chi connectivity index (χ1v) is 5.68. The van der Waals surface area contributed by atoms with Crippen LogP contribution in [-0.2, 0) is 4.79 Å². The summed E-state index contributed by atoms with van der Waals surface area (Å²) in [5.41, 5.74) is 0.381. The van der Waals surface area contributed by atoms with Crippen molar-refractivity contribution in [1.29, 1.82) is 0 Å². The molecule has 94 valence electrons. The zero-order valence-electron chi connectivity index (χ0n) is 9.51. The Morgan fingerprint density at radius 3 is 2.61 bits per heavy atom. The van der Waals surface area contributed by atoms with Crippen LogP contribution >= 0.6 is 11.6 Å². The number of nitrogens with zero attached hydrogens (tertiary/aromatic N) is 1. The van der Waals surface area contributed by atoms with Gasteiger partial charge in [-0.05, 0) is 12.1 Å². The molecule has 1 aliphatic heterocycles. The third kappa shape index (κ3) is 1.86. The Bertz CT molecular complexity index is 555. The minimum atomic E-state index is -1.06. The molecular formula is C12H10ClNO4. The zero-order chi connectivity index (χ0) is 13.4. The van der Waals surface area contributed by atoms with Crippen LogP contribution in [0.3, 0.4) is 0 Å². The lowest BCUT2D eigenvalue weighted by Gasteiger charge is -2.16. The summed E-state index contributed by atoms with van der Waals surface area (Å²) in [5.74, 6) is -2.90. The highest BCUT2D eigenvalue weighted by Gasteiger charge is 2.38. The van der Waals surface area contributed by atoms with Crippen molar-refractivity contribution in [3.63, 3.8) is 0 Å². The second kappa shape index (κ2) is 4.42. The van der Waals surface area contributed by atoms with Crippen LogP contribution in [0, 0.1) is 5.92 Å². The van der Waals surface area contributed by atoms with Crippen LogP contribution in [0.25, 0.3) is 0 Å². The Labute approximate surface area is 108 Å². The number of carbonyl (C=O) groups is 3. The second-order valence-corrected chi connectivity index (χ2v) is 4.53. The highest BCUT2D eigenvalue weighted by atomic mass is 35.5. The maximum absolute atomic E-state index is 12.0. The van der Waals surface area contributed by atoms with Crippen LogP contribution in [0.2, 0.25) is 5.02 Å². The van der Waals surface area contributed by atoms with E-state index in [2.05, 4.69) is 0 Å². The minimum absolute atomic E-state index is 0.154. The van der Waals surface area contributed by atoms with Crippen LogP contribution in [0.15, 0.2) is 18.2 Å². The molecule has 2 rings (SSSR count). The number of amides is 2. The van der Waals surface area contributed by atoms with Gasteiger partial charge in [0.2, 0.25) is 0 Å². The summed E-state index contributed by atoms with van der Waals surface area (Å²) in [4.78, 5) is 35.7. The largest absolute Gasteiger partial charge is 0.481 e. The quantitative estimate of drug-likeness (QED) is 0.845. The van der Waals surface area contributed by atoms with Gasteiger partial charge in [-0.25, -0.2) is 0 Å². The van der Waals surface area contributed by atoms with E-state index in [9.17, 15) is 14.4 Å². The number of carboxylic acids is 1. The molecule has 2 amide bonds. The van der Waals surface area contributed by atoms with Crippen molar-refractivity contribution in [3.05, 3.63) is 34.3 Å². The van der Waals surface area contributed by atoms with E-state index in [1.165, 1.54) is 19.1 Å². The number of imide groups is 1. The minimum Gasteiger partial charge on any atom is -0.481 e. The van der Waals surface area contributed by atoms with Crippen LogP contribution < -0.4 is 0 Å². The number of aliphatic carboxylic acids is 1. The Morgan fingerprint density at radius 2 is 2.06 bits per heavy atom. The smallest absolute Gasteiger partial charge is 0.308 e. The van der Waals surface area contributed by atoms with E-state index in [1.54, 1.807) is 6.07 Å². The number of fused-ring (bicyclic) bond motifs is 1. The van der Waals surface area contributed by atoms with E-state index in [0.717, 1.165) is 4.90 Å². The lowest BCUT2D eigenvalue weighted by atomic mass is 10.1. The van der Waals surface area contributed by atoms with Gasteiger partial charge in [0.05, 0.1) is 22.1 Å². The Hall–Kier alpha value is -1.88. The molecule has 0 spiro atoms. The lowest BCUT2D eigenvalue weighted by Crippen LogP contribution is -2.36. The highest BCUT2D eigenvalue weighted by Crippen LogP contribution is 2.29. The Morgan fingerprint density at radius 1 is 1.39 bits per heavy atom. The van der Waals surface area contributed by atoms with Gasteiger partial charge in [-0.1, -0.05) is 24.6 Å². The van der Waals surface area contributed by atoms with Gasteiger partial charge in [0.25, 0.3) is 11.8 Å². The number of hydrogen-bond acceptors (Lipinski definition) is 3. The zero-order valence-corrected chi connectivity index (χ0v) is 10.3. The summed E-state index contributed by atoms with van der Waals surface area (Å²) in [6, 6.07) is 4.61. The first-order chi connectivity index (χ1) is 8.43. The number of rotatable bonds is 3. The molecule has 0 saturated carbocycles. The second-order valence-electron chi connectivity index (χ2n) is 4.12. The normalized spacial score (nSPS) is 15.8. The monoisotopic (exact) mass is 267 g/mol. The van der Waals surface area contributed by atoms with Gasteiger partial charge >= 0.3 is 5.97 Å². The molecule has 6 heteroatoms. The summed E-state index contributed by atoms with van der Waals surface area (Å²) < 4.78 is 0. The van der Waals surface area contributed by atoms with E-state index in [4.69, 9.17) is 16.7 Å². The van der Waals surface area contributed by atoms with Crippen LogP contribution in [-0.4, -0.2) is 34.3 Å². The first-order valence-electron chi connectivity index (χ1n) is 5.31. The Kier molecular flexibility index (Phi) is 3.09. The van der Waals surface area contributed by atoms with Gasteiger partial charge in [-0.3, -0.25) is 19.3 Å². The predicted octanol–water partition coefficient (Wildman–Crippen LogP) is 1.66. The van der Waals surface area contributed by atoms with Gasteiger partial charge in [-0.2, -0.15) is 0 Å². The molecule has 1 atom stereocenters. The first kappa shape index (κ1) is 12.6. The van der Waals surface area contributed by atoms with Crippen molar-refractivity contribution in [2.75, 3.05) is 6.54 Å². The topological polar surface area (TPSA) is 74.7 Å². The van der Waals surface area contributed by atoms with E-state index in [0.29, 0.717) is 0 Å². The molecule has 0 bridgehead atoms. The van der Waals surface area contributed by atoms with E-state index in [-0.39, 0.29) is 22.7 Å². The van der Waals surface area contributed by atoms with Gasteiger partial charge in [0.1, 0.15) is 0 Å². The molecule has 18 heavy (non-hydrogen) atoms. The number of benzene rings is 1. The third-order valence-electron chi connectivity index (χ3n) is 2.83. The van der Waals surface area contributed by atoms with Gasteiger partial charge in [0, 0.05) is 6.54 Å². The maximum Gasteiger partial charge on any atom is 0.308 e.